The number of rotatable bonds is 4. The monoisotopic (exact) mass is 345 g/mol. The van der Waals surface area contributed by atoms with Gasteiger partial charge in [0.2, 0.25) is 0 Å². The number of nitrogens with one attached hydrogen (secondary N) is 1. The maximum absolute atomic E-state index is 12.2. The third-order valence-corrected chi connectivity index (χ3v) is 4.31. The van der Waals surface area contributed by atoms with E-state index in [-0.39, 0.29) is 26.2 Å². The van der Waals surface area contributed by atoms with E-state index >= 15 is 0 Å². The van der Waals surface area contributed by atoms with Crippen LogP contribution in [0.5, 0.6) is 0 Å². The molecule has 0 aromatic heterocycles. The summed E-state index contributed by atoms with van der Waals surface area (Å²) < 4.78 is 26.7. The standard InChI is InChI=1S/C13H9Cl2NO4S/c14-9-5-10(15)7-12(6-9)21(19,20)16-11-3-1-2-8(4-11)13(17)18/h1-7,16H,(H,17,18). The zero-order valence-electron chi connectivity index (χ0n) is 10.4. The summed E-state index contributed by atoms with van der Waals surface area (Å²) in [5, 5.41) is 9.25. The minimum atomic E-state index is -3.91. The Morgan fingerprint density at radius 2 is 1.67 bits per heavy atom. The lowest BCUT2D eigenvalue weighted by Gasteiger charge is -2.09. The molecule has 0 aliphatic carbocycles. The van der Waals surface area contributed by atoms with Crippen LogP contribution in [0.1, 0.15) is 10.4 Å². The molecule has 2 aromatic rings. The minimum Gasteiger partial charge on any atom is -0.478 e. The number of sulfonamides is 1. The lowest BCUT2D eigenvalue weighted by Crippen LogP contribution is -2.13. The van der Waals surface area contributed by atoms with Gasteiger partial charge in [-0.3, -0.25) is 4.72 Å². The largest absolute Gasteiger partial charge is 0.478 e. The molecule has 2 N–H and O–H groups in total. The molecule has 0 bridgehead atoms. The Balaban J connectivity index is 2.37. The number of hydrogen-bond donors (Lipinski definition) is 2. The fraction of sp³-hybridized carbons (Fsp3) is 0. The van der Waals surface area contributed by atoms with E-state index in [4.69, 9.17) is 28.3 Å². The first-order valence-electron chi connectivity index (χ1n) is 5.60. The van der Waals surface area contributed by atoms with Gasteiger partial charge in [0.1, 0.15) is 0 Å². The molecular weight excluding hydrogens is 337 g/mol. The molecule has 0 saturated carbocycles. The van der Waals surface area contributed by atoms with Gasteiger partial charge in [0, 0.05) is 15.7 Å². The lowest BCUT2D eigenvalue weighted by molar-refractivity contribution is 0.0697. The van der Waals surface area contributed by atoms with Gasteiger partial charge < -0.3 is 5.11 Å². The summed E-state index contributed by atoms with van der Waals surface area (Å²) in [6.07, 6.45) is 0. The van der Waals surface area contributed by atoms with Crippen molar-refractivity contribution < 1.29 is 18.3 Å². The summed E-state index contributed by atoms with van der Waals surface area (Å²) >= 11 is 11.5. The summed E-state index contributed by atoms with van der Waals surface area (Å²) in [7, 11) is -3.91. The molecule has 0 aliphatic heterocycles. The summed E-state index contributed by atoms with van der Waals surface area (Å²) in [6.45, 7) is 0. The van der Waals surface area contributed by atoms with Crippen molar-refractivity contribution in [2.75, 3.05) is 4.72 Å². The molecule has 110 valence electrons. The van der Waals surface area contributed by atoms with Gasteiger partial charge in [0.15, 0.2) is 0 Å². The molecule has 0 atom stereocenters. The molecule has 2 aromatic carbocycles. The van der Waals surface area contributed by atoms with Gasteiger partial charge in [-0.1, -0.05) is 29.3 Å². The average molecular weight is 346 g/mol. The van der Waals surface area contributed by atoms with Gasteiger partial charge in [-0.2, -0.15) is 0 Å². The van der Waals surface area contributed by atoms with E-state index in [0.717, 1.165) is 0 Å². The van der Waals surface area contributed by atoms with Crippen molar-refractivity contribution in [3.8, 4) is 0 Å². The molecule has 0 unspecified atom stereocenters. The van der Waals surface area contributed by atoms with E-state index in [9.17, 15) is 13.2 Å². The van der Waals surface area contributed by atoms with Crippen LogP contribution in [0.4, 0.5) is 5.69 Å². The fourth-order valence-electron chi connectivity index (χ4n) is 1.61. The number of halogens is 2. The van der Waals surface area contributed by atoms with E-state index in [1.54, 1.807) is 0 Å². The Bertz CT molecular complexity index is 785. The van der Waals surface area contributed by atoms with Crippen molar-refractivity contribution in [2.24, 2.45) is 0 Å². The minimum absolute atomic E-state index is 0.0284. The van der Waals surface area contributed by atoms with Gasteiger partial charge in [0.25, 0.3) is 10.0 Å². The third-order valence-electron chi connectivity index (χ3n) is 2.51. The van der Waals surface area contributed by atoms with Crippen molar-refractivity contribution >= 4 is 44.9 Å². The molecule has 8 heteroatoms. The van der Waals surface area contributed by atoms with E-state index in [2.05, 4.69) is 4.72 Å². The number of aromatic carboxylic acids is 1. The highest BCUT2D eigenvalue weighted by Gasteiger charge is 2.16. The number of carboxylic acid groups (broad SMARTS) is 1. The molecule has 0 aliphatic rings. The highest BCUT2D eigenvalue weighted by molar-refractivity contribution is 7.92. The van der Waals surface area contributed by atoms with Crippen molar-refractivity contribution in [3.05, 3.63) is 58.1 Å². The van der Waals surface area contributed by atoms with Crippen LogP contribution < -0.4 is 4.72 Å². The molecular formula is C13H9Cl2NO4S. The third kappa shape index (κ3) is 3.87. The highest BCUT2D eigenvalue weighted by atomic mass is 35.5. The number of carboxylic acids is 1. The molecule has 21 heavy (non-hydrogen) atoms. The van der Waals surface area contributed by atoms with Crippen LogP contribution in [-0.2, 0) is 10.0 Å². The van der Waals surface area contributed by atoms with E-state index in [1.165, 1.54) is 42.5 Å². The first kappa shape index (κ1) is 15.6. The van der Waals surface area contributed by atoms with Crippen LogP contribution in [-0.4, -0.2) is 19.5 Å². The van der Waals surface area contributed by atoms with Crippen LogP contribution in [0.15, 0.2) is 47.4 Å². The van der Waals surface area contributed by atoms with Crippen molar-refractivity contribution in [2.45, 2.75) is 4.90 Å². The van der Waals surface area contributed by atoms with Gasteiger partial charge in [-0.25, -0.2) is 13.2 Å². The summed E-state index contributed by atoms with van der Waals surface area (Å²) in [6, 6.07) is 9.35. The van der Waals surface area contributed by atoms with Gasteiger partial charge in [-0.05, 0) is 36.4 Å². The summed E-state index contributed by atoms with van der Waals surface area (Å²) in [5.74, 6) is -1.15. The second-order valence-corrected chi connectivity index (χ2v) is 6.65. The number of anilines is 1. The van der Waals surface area contributed by atoms with Crippen molar-refractivity contribution in [1.82, 2.24) is 0 Å². The maximum Gasteiger partial charge on any atom is 0.335 e. The quantitative estimate of drug-likeness (QED) is 0.888. The predicted octanol–water partition coefficient (Wildman–Crippen LogP) is 3.49. The topological polar surface area (TPSA) is 83.5 Å². The van der Waals surface area contributed by atoms with E-state index in [0.29, 0.717) is 0 Å². The van der Waals surface area contributed by atoms with Gasteiger partial charge in [-0.15, -0.1) is 0 Å². The van der Waals surface area contributed by atoms with Gasteiger partial charge >= 0.3 is 5.97 Å². The molecule has 0 saturated heterocycles. The lowest BCUT2D eigenvalue weighted by atomic mass is 10.2. The van der Waals surface area contributed by atoms with Crippen LogP contribution >= 0.6 is 23.2 Å². The summed E-state index contributed by atoms with van der Waals surface area (Å²) in [5.41, 5.74) is 0.102. The highest BCUT2D eigenvalue weighted by Crippen LogP contribution is 2.24. The number of benzene rings is 2. The van der Waals surface area contributed by atoms with Crippen molar-refractivity contribution in [1.29, 1.82) is 0 Å². The molecule has 0 amide bonds. The zero-order valence-corrected chi connectivity index (χ0v) is 12.7. The molecule has 0 spiro atoms. The number of hydrogen-bond acceptors (Lipinski definition) is 3. The molecule has 2 rings (SSSR count). The van der Waals surface area contributed by atoms with Crippen LogP contribution in [0.2, 0.25) is 10.0 Å². The van der Waals surface area contributed by atoms with Crippen LogP contribution in [0.3, 0.4) is 0 Å². The Labute approximate surface area is 131 Å². The van der Waals surface area contributed by atoms with Crippen LogP contribution in [0.25, 0.3) is 0 Å². The Morgan fingerprint density at radius 1 is 1.05 bits per heavy atom. The Morgan fingerprint density at radius 3 is 2.24 bits per heavy atom. The summed E-state index contributed by atoms with van der Waals surface area (Å²) in [4.78, 5) is 10.8. The second-order valence-electron chi connectivity index (χ2n) is 4.10. The SMILES string of the molecule is O=C(O)c1cccc(NS(=O)(=O)c2cc(Cl)cc(Cl)c2)c1. The van der Waals surface area contributed by atoms with E-state index < -0.39 is 16.0 Å². The van der Waals surface area contributed by atoms with Crippen LogP contribution in [0, 0.1) is 0 Å². The molecule has 0 heterocycles. The molecule has 0 fully saturated rings. The van der Waals surface area contributed by atoms with Crippen molar-refractivity contribution in [3.63, 3.8) is 0 Å². The van der Waals surface area contributed by atoms with Gasteiger partial charge in [0.05, 0.1) is 10.5 Å². The normalized spacial score (nSPS) is 11.1. The first-order chi connectivity index (χ1) is 9.78. The fourth-order valence-corrected chi connectivity index (χ4v) is 3.39. The molecule has 0 radical (unpaired) electrons. The molecule has 5 nitrogen and oxygen atoms in total. The average Bonchev–Trinajstić information content (AvgIpc) is 2.37. The van der Waals surface area contributed by atoms with E-state index in [1.807, 2.05) is 0 Å². The smallest absolute Gasteiger partial charge is 0.335 e. The first-order valence-corrected chi connectivity index (χ1v) is 7.84. The Kier molecular flexibility index (Phi) is 4.41. The number of carbonyl (C=O) groups is 1. The Hall–Kier alpha value is -1.76. The predicted molar refractivity (Wildman–Crippen MR) is 80.7 cm³/mol. The second kappa shape index (κ2) is 5.93. The zero-order chi connectivity index (χ0) is 15.6. The maximum atomic E-state index is 12.2.